The lowest BCUT2D eigenvalue weighted by Crippen LogP contribution is -2.44. The zero-order chi connectivity index (χ0) is 14.6. The number of hydrogen-bond acceptors (Lipinski definition) is 4. The summed E-state index contributed by atoms with van der Waals surface area (Å²) >= 11 is 7.09. The van der Waals surface area contributed by atoms with Crippen LogP contribution in [0.15, 0.2) is 11.4 Å². The van der Waals surface area contributed by atoms with Gasteiger partial charge in [0.05, 0.1) is 4.34 Å². The number of nitrogens with one attached hydrogen (secondary N) is 1. The molecular formula is C12H16ClNO4S. The third kappa shape index (κ3) is 5.94. The minimum absolute atomic E-state index is 0.164. The van der Waals surface area contributed by atoms with Crippen LogP contribution in [0.4, 0.5) is 4.79 Å². The van der Waals surface area contributed by atoms with E-state index >= 15 is 0 Å². The Kier molecular flexibility index (Phi) is 5.20. The van der Waals surface area contributed by atoms with Crippen LogP contribution in [-0.4, -0.2) is 28.8 Å². The summed E-state index contributed by atoms with van der Waals surface area (Å²) in [6.07, 6.45) is -0.584. The van der Waals surface area contributed by atoms with Gasteiger partial charge in [0.15, 0.2) is 0 Å². The SMILES string of the molecule is CC(C)(C)OC(=O)NC(Cc1csc(Cl)c1)C(=O)O. The molecule has 0 saturated heterocycles. The van der Waals surface area contributed by atoms with Gasteiger partial charge < -0.3 is 15.2 Å². The van der Waals surface area contributed by atoms with Crippen LogP contribution in [0.3, 0.4) is 0 Å². The lowest BCUT2D eigenvalue weighted by Gasteiger charge is -2.21. The molecule has 0 aliphatic heterocycles. The molecule has 1 aromatic rings. The van der Waals surface area contributed by atoms with Gasteiger partial charge in [0.1, 0.15) is 11.6 Å². The Bertz CT molecular complexity index is 467. The summed E-state index contributed by atoms with van der Waals surface area (Å²) in [5.74, 6) is -1.12. The van der Waals surface area contributed by atoms with Crippen molar-refractivity contribution in [3.8, 4) is 0 Å². The third-order valence-corrected chi connectivity index (χ3v) is 3.19. The van der Waals surface area contributed by atoms with Crippen molar-refractivity contribution in [1.29, 1.82) is 0 Å². The summed E-state index contributed by atoms with van der Waals surface area (Å²) in [7, 11) is 0. The summed E-state index contributed by atoms with van der Waals surface area (Å²) in [4.78, 5) is 22.7. The Morgan fingerprint density at radius 2 is 2.16 bits per heavy atom. The number of hydrogen-bond donors (Lipinski definition) is 2. The van der Waals surface area contributed by atoms with E-state index in [9.17, 15) is 9.59 Å². The van der Waals surface area contributed by atoms with E-state index in [1.165, 1.54) is 11.3 Å². The second kappa shape index (κ2) is 6.25. The molecule has 19 heavy (non-hydrogen) atoms. The van der Waals surface area contributed by atoms with Gasteiger partial charge in [-0.05, 0) is 37.8 Å². The van der Waals surface area contributed by atoms with Crippen LogP contribution in [0.1, 0.15) is 26.3 Å². The van der Waals surface area contributed by atoms with E-state index in [-0.39, 0.29) is 6.42 Å². The number of rotatable bonds is 4. The van der Waals surface area contributed by atoms with Crippen molar-refractivity contribution < 1.29 is 19.4 Å². The molecule has 0 aliphatic rings. The summed E-state index contributed by atoms with van der Waals surface area (Å²) in [6, 6.07) is 0.638. The molecule has 0 radical (unpaired) electrons. The molecule has 1 rings (SSSR count). The van der Waals surface area contributed by atoms with Crippen LogP contribution in [-0.2, 0) is 16.0 Å². The van der Waals surface area contributed by atoms with Crippen molar-refractivity contribution in [1.82, 2.24) is 5.32 Å². The van der Waals surface area contributed by atoms with Crippen LogP contribution in [0.25, 0.3) is 0 Å². The van der Waals surface area contributed by atoms with E-state index in [0.29, 0.717) is 4.34 Å². The minimum Gasteiger partial charge on any atom is -0.480 e. The monoisotopic (exact) mass is 305 g/mol. The molecule has 0 spiro atoms. The van der Waals surface area contributed by atoms with E-state index in [4.69, 9.17) is 21.4 Å². The number of ether oxygens (including phenoxy) is 1. The van der Waals surface area contributed by atoms with Crippen molar-refractivity contribution in [3.05, 3.63) is 21.3 Å². The van der Waals surface area contributed by atoms with Gasteiger partial charge in [0.2, 0.25) is 0 Å². The maximum absolute atomic E-state index is 11.5. The van der Waals surface area contributed by atoms with Crippen molar-refractivity contribution >= 4 is 35.0 Å². The third-order valence-electron chi connectivity index (χ3n) is 2.05. The number of amides is 1. The standard InChI is InChI=1S/C12H16ClNO4S/c1-12(2,3)18-11(17)14-8(10(15)16)4-7-5-9(13)19-6-7/h5-6,8H,4H2,1-3H3,(H,14,17)(H,15,16). The molecular weight excluding hydrogens is 290 g/mol. The average Bonchev–Trinajstić information content (AvgIpc) is 2.60. The smallest absolute Gasteiger partial charge is 0.408 e. The van der Waals surface area contributed by atoms with Gasteiger partial charge in [-0.2, -0.15) is 0 Å². The van der Waals surface area contributed by atoms with E-state index in [1.807, 2.05) is 0 Å². The summed E-state index contributed by atoms with van der Waals surface area (Å²) in [5.41, 5.74) is 0.0946. The molecule has 1 amide bonds. The normalized spacial score (nSPS) is 12.8. The maximum atomic E-state index is 11.5. The van der Waals surface area contributed by atoms with Crippen LogP contribution >= 0.6 is 22.9 Å². The molecule has 0 bridgehead atoms. The van der Waals surface area contributed by atoms with Gasteiger partial charge in [-0.25, -0.2) is 9.59 Å². The second-order valence-electron chi connectivity index (χ2n) is 5.00. The minimum atomic E-state index is -1.12. The Labute approximate surface area is 120 Å². The number of carboxylic acid groups (broad SMARTS) is 1. The fourth-order valence-electron chi connectivity index (χ4n) is 1.34. The van der Waals surface area contributed by atoms with E-state index in [2.05, 4.69) is 5.32 Å². The van der Waals surface area contributed by atoms with Gasteiger partial charge in [-0.1, -0.05) is 11.6 Å². The molecule has 0 aromatic carbocycles. The first kappa shape index (κ1) is 15.8. The first-order valence-electron chi connectivity index (χ1n) is 5.62. The number of carboxylic acids is 1. The molecule has 7 heteroatoms. The molecule has 1 heterocycles. The van der Waals surface area contributed by atoms with E-state index in [0.717, 1.165) is 5.56 Å². The van der Waals surface area contributed by atoms with Crippen molar-refractivity contribution in [2.75, 3.05) is 0 Å². The van der Waals surface area contributed by atoms with Crippen molar-refractivity contribution in [2.24, 2.45) is 0 Å². The zero-order valence-corrected chi connectivity index (χ0v) is 12.5. The Morgan fingerprint density at radius 1 is 1.53 bits per heavy atom. The fraction of sp³-hybridized carbons (Fsp3) is 0.500. The van der Waals surface area contributed by atoms with Gasteiger partial charge in [-0.15, -0.1) is 11.3 Å². The van der Waals surface area contributed by atoms with Crippen molar-refractivity contribution in [3.63, 3.8) is 0 Å². The van der Waals surface area contributed by atoms with Crippen LogP contribution in [0.2, 0.25) is 4.34 Å². The van der Waals surface area contributed by atoms with Crippen molar-refractivity contribution in [2.45, 2.75) is 38.8 Å². The number of carbonyl (C=O) groups is 2. The maximum Gasteiger partial charge on any atom is 0.408 e. The molecule has 1 atom stereocenters. The Hall–Kier alpha value is -1.27. The predicted octanol–water partition coefficient (Wildman–Crippen LogP) is 2.92. The molecule has 0 fully saturated rings. The Balaban J connectivity index is 2.63. The van der Waals surface area contributed by atoms with Gasteiger partial charge in [0.25, 0.3) is 0 Å². The Morgan fingerprint density at radius 3 is 2.58 bits per heavy atom. The highest BCUT2D eigenvalue weighted by Crippen LogP contribution is 2.21. The van der Waals surface area contributed by atoms with Crippen LogP contribution in [0.5, 0.6) is 0 Å². The average molecular weight is 306 g/mol. The first-order valence-corrected chi connectivity index (χ1v) is 6.88. The second-order valence-corrected chi connectivity index (χ2v) is 6.54. The quantitative estimate of drug-likeness (QED) is 0.897. The fourth-order valence-corrected chi connectivity index (χ4v) is 2.26. The predicted molar refractivity (Wildman–Crippen MR) is 73.8 cm³/mol. The number of carbonyl (C=O) groups excluding carboxylic acids is 1. The topological polar surface area (TPSA) is 75.6 Å². The number of aliphatic carboxylic acids is 1. The first-order chi connectivity index (χ1) is 8.67. The number of alkyl carbamates (subject to hydrolysis) is 1. The van der Waals surface area contributed by atoms with E-state index < -0.39 is 23.7 Å². The van der Waals surface area contributed by atoms with Crippen LogP contribution < -0.4 is 5.32 Å². The van der Waals surface area contributed by atoms with Gasteiger partial charge in [-0.3, -0.25) is 0 Å². The highest BCUT2D eigenvalue weighted by atomic mass is 35.5. The highest BCUT2D eigenvalue weighted by Gasteiger charge is 2.24. The lowest BCUT2D eigenvalue weighted by atomic mass is 10.1. The molecule has 106 valence electrons. The van der Waals surface area contributed by atoms with Crippen LogP contribution in [0, 0.1) is 0 Å². The lowest BCUT2D eigenvalue weighted by molar-refractivity contribution is -0.139. The molecule has 0 aliphatic carbocycles. The number of thiophene rings is 1. The largest absolute Gasteiger partial charge is 0.480 e. The van der Waals surface area contributed by atoms with Gasteiger partial charge in [0, 0.05) is 6.42 Å². The van der Waals surface area contributed by atoms with Gasteiger partial charge >= 0.3 is 12.1 Å². The molecule has 1 aromatic heterocycles. The zero-order valence-electron chi connectivity index (χ0n) is 10.9. The van der Waals surface area contributed by atoms with E-state index in [1.54, 1.807) is 32.2 Å². The highest BCUT2D eigenvalue weighted by molar-refractivity contribution is 7.14. The number of halogens is 1. The molecule has 1 unspecified atom stereocenters. The molecule has 5 nitrogen and oxygen atoms in total. The summed E-state index contributed by atoms with van der Waals surface area (Å²) in [6.45, 7) is 5.13. The summed E-state index contributed by atoms with van der Waals surface area (Å²) in [5, 5.41) is 13.2. The molecule has 2 N–H and O–H groups in total. The molecule has 0 saturated carbocycles. The summed E-state index contributed by atoms with van der Waals surface area (Å²) < 4.78 is 5.60.